The number of nitrogens with one attached hydrogen (secondary N) is 2. The van der Waals surface area contributed by atoms with Gasteiger partial charge in [0.2, 0.25) is 11.9 Å². The summed E-state index contributed by atoms with van der Waals surface area (Å²) in [5.74, 6) is 0.0702. The molecule has 4 aromatic heterocycles. The second kappa shape index (κ2) is 11.3. The lowest BCUT2D eigenvalue weighted by Crippen LogP contribution is -2.12. The Bertz CT molecular complexity index is 1440. The van der Waals surface area contributed by atoms with Crippen molar-refractivity contribution in [2.75, 3.05) is 11.5 Å². The monoisotopic (exact) mass is 515 g/mol. The number of aromatic nitrogens is 8. The summed E-state index contributed by atoms with van der Waals surface area (Å²) in [6.07, 6.45) is 11.8. The van der Waals surface area contributed by atoms with Crippen LogP contribution in [0.1, 0.15) is 25.7 Å². The fourth-order valence-corrected chi connectivity index (χ4v) is 3.79. The standard InChI is InChI=1S/C20H23N10O5P/c21-19-25-15-13(17(31)27-19)23-11-29(15)7-3-1-5-9-34-36(33)35-10-6-2-4-8-30-12-24-14-16(30)26-20(22)28-18(14)32/h5-6,9-12H,1-4,7-8H2,(H5-,21,22,25,26,27,28,31,32)/p+1. The predicted octanol–water partition coefficient (Wildman–Crippen LogP) is 1.70. The number of anilines is 2. The first kappa shape index (κ1) is 24.6. The summed E-state index contributed by atoms with van der Waals surface area (Å²) in [5.41, 5.74) is 11.7. The highest BCUT2D eigenvalue weighted by Gasteiger charge is 2.17. The van der Waals surface area contributed by atoms with E-state index in [9.17, 15) is 14.2 Å². The highest BCUT2D eigenvalue weighted by molar-refractivity contribution is 7.33. The van der Waals surface area contributed by atoms with Crippen molar-refractivity contribution in [3.8, 4) is 0 Å². The number of unbranched alkanes of at least 4 members (excludes halogenated alkanes) is 2. The number of imidazole rings is 2. The first-order valence-electron chi connectivity index (χ1n) is 10.9. The average molecular weight is 515 g/mol. The third-order valence-electron chi connectivity index (χ3n) is 5.01. The summed E-state index contributed by atoms with van der Waals surface area (Å²) in [4.78, 5) is 44.7. The lowest BCUT2D eigenvalue weighted by Gasteiger charge is -2.01. The van der Waals surface area contributed by atoms with E-state index in [1.165, 1.54) is 25.2 Å². The van der Waals surface area contributed by atoms with Gasteiger partial charge in [0.1, 0.15) is 0 Å². The molecule has 6 N–H and O–H groups in total. The van der Waals surface area contributed by atoms with E-state index < -0.39 is 8.25 Å². The highest BCUT2D eigenvalue weighted by Crippen LogP contribution is 2.24. The van der Waals surface area contributed by atoms with Crippen LogP contribution >= 0.6 is 8.25 Å². The largest absolute Gasteiger partial charge is 0.804 e. The molecule has 36 heavy (non-hydrogen) atoms. The van der Waals surface area contributed by atoms with Crippen LogP contribution in [-0.2, 0) is 26.7 Å². The molecule has 0 aliphatic carbocycles. The Morgan fingerprint density at radius 1 is 0.833 bits per heavy atom. The number of allylic oxidation sites excluding steroid dienone is 2. The van der Waals surface area contributed by atoms with Crippen molar-refractivity contribution in [3.63, 3.8) is 0 Å². The van der Waals surface area contributed by atoms with E-state index in [0.29, 0.717) is 50.1 Å². The molecular formula is C20H24N10O5P+. The molecule has 0 saturated carbocycles. The number of hydrogen-bond donors (Lipinski definition) is 4. The third kappa shape index (κ3) is 5.93. The molecule has 0 amide bonds. The van der Waals surface area contributed by atoms with E-state index in [1.54, 1.807) is 21.3 Å². The number of nitrogens with zero attached hydrogens (tertiary/aromatic N) is 6. The molecule has 0 bridgehead atoms. The molecule has 0 unspecified atom stereocenters. The number of nitrogen functional groups attached to an aromatic ring is 2. The fraction of sp³-hybridized carbons (Fsp3) is 0.300. The van der Waals surface area contributed by atoms with Crippen molar-refractivity contribution in [1.82, 2.24) is 39.0 Å². The minimum atomic E-state index is -2.33. The second-order valence-corrected chi connectivity index (χ2v) is 8.45. The van der Waals surface area contributed by atoms with Gasteiger partial charge in [-0.1, -0.05) is 0 Å². The van der Waals surface area contributed by atoms with Crippen LogP contribution in [0.4, 0.5) is 11.9 Å². The van der Waals surface area contributed by atoms with Gasteiger partial charge in [-0.3, -0.25) is 19.6 Å². The Kier molecular flexibility index (Phi) is 7.70. The Morgan fingerprint density at radius 3 is 1.72 bits per heavy atom. The fourth-order valence-electron chi connectivity index (χ4n) is 3.37. The maximum Gasteiger partial charge on any atom is 0.804 e. The third-order valence-corrected chi connectivity index (χ3v) is 5.60. The van der Waals surface area contributed by atoms with E-state index in [2.05, 4.69) is 29.9 Å². The van der Waals surface area contributed by atoms with Crippen molar-refractivity contribution >= 4 is 42.5 Å². The number of fused-ring (bicyclic) bond motifs is 2. The predicted molar refractivity (Wildman–Crippen MR) is 132 cm³/mol. The summed E-state index contributed by atoms with van der Waals surface area (Å²) in [7, 11) is -2.33. The Hall–Kier alpha value is -4.52. The molecule has 0 aliphatic rings. The van der Waals surface area contributed by atoms with Gasteiger partial charge in [-0.25, -0.2) is 19.0 Å². The number of rotatable bonds is 12. The summed E-state index contributed by atoms with van der Waals surface area (Å²) in [5, 5.41) is 0. The number of aromatic amines is 2. The number of H-pyrrole nitrogens is 2. The minimum Gasteiger partial charge on any atom is -0.369 e. The van der Waals surface area contributed by atoms with Crippen molar-refractivity contribution in [1.29, 1.82) is 0 Å². The topological polar surface area (TPSA) is 215 Å². The maximum absolute atomic E-state index is 11.8. The van der Waals surface area contributed by atoms with E-state index >= 15 is 0 Å². The molecule has 0 fully saturated rings. The maximum atomic E-state index is 11.8. The summed E-state index contributed by atoms with van der Waals surface area (Å²) in [6, 6.07) is 0. The molecule has 0 aromatic carbocycles. The first-order valence-corrected chi connectivity index (χ1v) is 12.0. The van der Waals surface area contributed by atoms with Crippen molar-refractivity contribution in [2.24, 2.45) is 0 Å². The average Bonchev–Trinajstić information content (AvgIpc) is 3.43. The minimum absolute atomic E-state index is 0.0351. The molecule has 4 aromatic rings. The molecule has 0 aliphatic heterocycles. The number of hydrogen-bond acceptors (Lipinski definition) is 11. The van der Waals surface area contributed by atoms with Gasteiger partial charge < -0.3 is 20.6 Å². The van der Waals surface area contributed by atoms with Crippen LogP contribution in [0.25, 0.3) is 22.3 Å². The van der Waals surface area contributed by atoms with Crippen LogP contribution in [0.2, 0.25) is 0 Å². The summed E-state index contributed by atoms with van der Waals surface area (Å²) in [6.45, 7) is 1.13. The van der Waals surface area contributed by atoms with Crippen molar-refractivity contribution in [2.45, 2.75) is 38.8 Å². The van der Waals surface area contributed by atoms with Crippen LogP contribution < -0.4 is 22.6 Å². The molecule has 0 saturated heterocycles. The highest BCUT2D eigenvalue weighted by atomic mass is 31.1. The molecule has 16 heteroatoms. The van der Waals surface area contributed by atoms with Crippen LogP contribution in [-0.4, -0.2) is 39.0 Å². The van der Waals surface area contributed by atoms with Crippen molar-refractivity contribution in [3.05, 3.63) is 58.0 Å². The summed E-state index contributed by atoms with van der Waals surface area (Å²) < 4.78 is 25.3. The normalized spacial score (nSPS) is 12.3. The van der Waals surface area contributed by atoms with Gasteiger partial charge in [-0.15, -0.1) is 0 Å². The number of nitrogens with two attached hydrogens (primary N) is 2. The van der Waals surface area contributed by atoms with Crippen LogP contribution in [0.5, 0.6) is 0 Å². The van der Waals surface area contributed by atoms with Gasteiger partial charge in [0.25, 0.3) is 11.1 Å². The molecule has 188 valence electrons. The lowest BCUT2D eigenvalue weighted by molar-refractivity contribution is 0.354. The van der Waals surface area contributed by atoms with Gasteiger partial charge in [0.05, 0.1) is 12.7 Å². The zero-order valence-electron chi connectivity index (χ0n) is 19.0. The van der Waals surface area contributed by atoms with Crippen LogP contribution in [0.3, 0.4) is 0 Å². The summed E-state index contributed by atoms with van der Waals surface area (Å²) >= 11 is 0. The van der Waals surface area contributed by atoms with Gasteiger partial charge in [-0.2, -0.15) is 9.97 Å². The SMILES string of the molecule is Nc1nc2c(ncn2CCCC=CO[P+](=O)OC=CCCCn2cnc3c(=O)[nH]c(N)nc32)c(=O)[nH]1. The Balaban J connectivity index is 1.12. The molecule has 0 atom stereocenters. The molecule has 4 rings (SSSR count). The Labute approximate surface area is 203 Å². The van der Waals surface area contributed by atoms with E-state index in [-0.39, 0.29) is 34.0 Å². The molecule has 15 nitrogen and oxygen atoms in total. The first-order chi connectivity index (χ1) is 17.4. The Morgan fingerprint density at radius 2 is 1.28 bits per heavy atom. The van der Waals surface area contributed by atoms with Crippen LogP contribution in [0.15, 0.2) is 46.9 Å². The second-order valence-electron chi connectivity index (χ2n) is 7.59. The molecule has 4 heterocycles. The molecular weight excluding hydrogens is 491 g/mol. The van der Waals surface area contributed by atoms with E-state index in [4.69, 9.17) is 20.5 Å². The van der Waals surface area contributed by atoms with E-state index in [1.807, 2.05) is 0 Å². The zero-order chi connectivity index (χ0) is 25.5. The van der Waals surface area contributed by atoms with Crippen molar-refractivity contribution < 1.29 is 13.6 Å². The smallest absolute Gasteiger partial charge is 0.369 e. The van der Waals surface area contributed by atoms with Gasteiger partial charge in [-0.05, 0) is 37.8 Å². The van der Waals surface area contributed by atoms with E-state index in [0.717, 1.165) is 0 Å². The number of aryl methyl sites for hydroxylation is 2. The van der Waals surface area contributed by atoms with Gasteiger partial charge in [0, 0.05) is 17.7 Å². The van der Waals surface area contributed by atoms with Gasteiger partial charge in [0.15, 0.2) is 34.9 Å². The molecule has 0 spiro atoms. The molecule has 0 radical (unpaired) electrons. The lowest BCUT2D eigenvalue weighted by atomic mass is 10.3. The quantitative estimate of drug-likeness (QED) is 0.121. The zero-order valence-corrected chi connectivity index (χ0v) is 19.9. The van der Waals surface area contributed by atoms with Gasteiger partial charge >= 0.3 is 8.25 Å². The van der Waals surface area contributed by atoms with Crippen LogP contribution in [0, 0.1) is 0 Å².